The van der Waals surface area contributed by atoms with Crippen LogP contribution < -0.4 is 10.6 Å². The smallest absolute Gasteiger partial charge is 0.416 e. The van der Waals surface area contributed by atoms with E-state index in [-0.39, 0.29) is 28.7 Å². The first kappa shape index (κ1) is 28.4. The molecule has 0 aliphatic heterocycles. The quantitative estimate of drug-likeness (QED) is 0.147. The van der Waals surface area contributed by atoms with E-state index in [4.69, 9.17) is 0 Å². The molecule has 12 heteroatoms. The minimum absolute atomic E-state index is 0.0360. The van der Waals surface area contributed by atoms with Gasteiger partial charge in [0.2, 0.25) is 11.9 Å². The first-order valence-corrected chi connectivity index (χ1v) is 12.8. The van der Waals surface area contributed by atoms with Crippen molar-refractivity contribution in [3.8, 4) is 28.0 Å². The van der Waals surface area contributed by atoms with Crippen molar-refractivity contribution in [2.24, 2.45) is 0 Å². The van der Waals surface area contributed by atoms with Gasteiger partial charge in [0.1, 0.15) is 11.6 Å². The zero-order valence-corrected chi connectivity index (χ0v) is 22.6. The normalized spacial score (nSPS) is 11.6. The number of hydrogen-bond acceptors (Lipinski definition) is 7. The van der Waals surface area contributed by atoms with Crippen LogP contribution in [-0.4, -0.2) is 37.0 Å². The van der Waals surface area contributed by atoms with Gasteiger partial charge in [0.25, 0.3) is 5.91 Å². The number of amides is 1. The number of pyridine rings is 2. The van der Waals surface area contributed by atoms with Crippen LogP contribution >= 0.6 is 0 Å². The lowest BCUT2D eigenvalue weighted by atomic mass is 9.92. The van der Waals surface area contributed by atoms with Crippen molar-refractivity contribution >= 4 is 28.6 Å². The number of rotatable bonds is 6. The van der Waals surface area contributed by atoms with Gasteiger partial charge in [0, 0.05) is 46.7 Å². The summed E-state index contributed by atoms with van der Waals surface area (Å²) in [6, 6.07) is 10.6. The number of aromatic nitrogens is 4. The van der Waals surface area contributed by atoms with E-state index in [9.17, 15) is 27.5 Å². The lowest BCUT2D eigenvalue weighted by Gasteiger charge is -2.17. The third-order valence-electron chi connectivity index (χ3n) is 6.40. The van der Waals surface area contributed by atoms with Gasteiger partial charge in [-0.3, -0.25) is 4.79 Å². The Morgan fingerprint density at radius 2 is 1.74 bits per heavy atom. The van der Waals surface area contributed by atoms with Gasteiger partial charge >= 0.3 is 6.18 Å². The second-order valence-electron chi connectivity index (χ2n) is 9.86. The highest BCUT2D eigenvalue weighted by Gasteiger charge is 2.31. The molecule has 0 radical (unpaired) electrons. The molecule has 214 valence electrons. The Kier molecular flexibility index (Phi) is 7.46. The summed E-state index contributed by atoms with van der Waals surface area (Å²) in [5, 5.41) is 17.7. The topological polar surface area (TPSA) is 113 Å². The van der Waals surface area contributed by atoms with E-state index < -0.39 is 23.6 Å². The van der Waals surface area contributed by atoms with Gasteiger partial charge in [-0.15, -0.1) is 0 Å². The van der Waals surface area contributed by atoms with Crippen LogP contribution in [0.4, 0.5) is 29.3 Å². The van der Waals surface area contributed by atoms with E-state index in [2.05, 4.69) is 30.6 Å². The Balaban J connectivity index is 1.62. The van der Waals surface area contributed by atoms with Gasteiger partial charge in [-0.25, -0.2) is 19.9 Å². The van der Waals surface area contributed by atoms with Crippen LogP contribution in [0.5, 0.6) is 5.75 Å². The zero-order chi connectivity index (χ0) is 30.2. The van der Waals surface area contributed by atoms with Gasteiger partial charge in [-0.1, -0.05) is 6.07 Å². The van der Waals surface area contributed by atoms with Crippen molar-refractivity contribution in [2.45, 2.75) is 33.0 Å². The SMILES string of the molecule is Cc1ccc(C(=O)Nc2cc(C(F)(F)F)ccn2)cc1-c1cc2cnc(NC(C)C)nc2c(-c2ccc(F)nc2)c1O. The molecular weight excluding hydrogens is 552 g/mol. The molecule has 1 amide bonds. The minimum atomic E-state index is -4.60. The number of nitrogens with zero attached hydrogens (tertiary/aromatic N) is 4. The van der Waals surface area contributed by atoms with Crippen molar-refractivity contribution in [3.63, 3.8) is 0 Å². The number of aromatic hydroxyl groups is 1. The molecule has 42 heavy (non-hydrogen) atoms. The molecule has 8 nitrogen and oxygen atoms in total. The fourth-order valence-electron chi connectivity index (χ4n) is 4.42. The third kappa shape index (κ3) is 5.82. The number of hydrogen-bond donors (Lipinski definition) is 3. The molecule has 2 aromatic carbocycles. The lowest BCUT2D eigenvalue weighted by molar-refractivity contribution is -0.137. The summed E-state index contributed by atoms with van der Waals surface area (Å²) >= 11 is 0. The number of phenols is 1. The maximum Gasteiger partial charge on any atom is 0.416 e. The average Bonchev–Trinajstić information content (AvgIpc) is 2.93. The molecular formula is C30H24F4N6O2. The summed E-state index contributed by atoms with van der Waals surface area (Å²) in [6.07, 6.45) is -0.770. The highest BCUT2D eigenvalue weighted by Crippen LogP contribution is 2.44. The summed E-state index contributed by atoms with van der Waals surface area (Å²) in [5.41, 5.74) is 1.75. The Hall–Kier alpha value is -5.13. The highest BCUT2D eigenvalue weighted by atomic mass is 19.4. The van der Waals surface area contributed by atoms with Crippen LogP contribution in [0.3, 0.4) is 0 Å². The zero-order valence-electron chi connectivity index (χ0n) is 22.6. The molecule has 0 saturated carbocycles. The van der Waals surface area contributed by atoms with Crippen LogP contribution in [0.2, 0.25) is 0 Å². The van der Waals surface area contributed by atoms with E-state index >= 15 is 0 Å². The largest absolute Gasteiger partial charge is 0.507 e. The monoisotopic (exact) mass is 576 g/mol. The third-order valence-corrected chi connectivity index (χ3v) is 6.40. The van der Waals surface area contributed by atoms with Crippen molar-refractivity contribution in [3.05, 3.63) is 89.8 Å². The van der Waals surface area contributed by atoms with Crippen molar-refractivity contribution in [1.82, 2.24) is 19.9 Å². The van der Waals surface area contributed by atoms with Crippen LogP contribution in [-0.2, 0) is 6.18 Å². The first-order chi connectivity index (χ1) is 19.9. The van der Waals surface area contributed by atoms with E-state index in [0.29, 0.717) is 39.1 Å². The van der Waals surface area contributed by atoms with Crippen LogP contribution in [0.25, 0.3) is 33.2 Å². The molecule has 0 bridgehead atoms. The Morgan fingerprint density at radius 1 is 0.952 bits per heavy atom. The molecule has 0 saturated heterocycles. The number of phenolic OH excluding ortho intramolecular Hbond substituents is 1. The fraction of sp³-hybridized carbons (Fsp3) is 0.167. The maximum atomic E-state index is 13.7. The number of benzene rings is 2. The summed E-state index contributed by atoms with van der Waals surface area (Å²) in [5.74, 6) is -1.51. The second-order valence-corrected chi connectivity index (χ2v) is 9.86. The van der Waals surface area contributed by atoms with E-state index in [1.165, 1.54) is 30.5 Å². The number of carbonyl (C=O) groups is 1. The highest BCUT2D eigenvalue weighted by molar-refractivity contribution is 6.06. The summed E-state index contributed by atoms with van der Waals surface area (Å²) < 4.78 is 53.0. The Labute approximate surface area is 237 Å². The van der Waals surface area contributed by atoms with Crippen molar-refractivity contribution in [2.75, 3.05) is 10.6 Å². The molecule has 3 heterocycles. The van der Waals surface area contributed by atoms with Gasteiger partial charge in [-0.05, 0) is 74.4 Å². The number of nitrogens with one attached hydrogen (secondary N) is 2. The number of aryl methyl sites for hydroxylation is 1. The molecule has 5 aromatic rings. The van der Waals surface area contributed by atoms with Crippen LogP contribution in [0, 0.1) is 12.9 Å². The molecule has 0 fully saturated rings. The number of carbonyl (C=O) groups excluding carboxylic acids is 1. The lowest BCUT2D eigenvalue weighted by Crippen LogP contribution is -2.14. The molecule has 0 aliphatic rings. The number of alkyl halides is 3. The van der Waals surface area contributed by atoms with E-state index in [1.807, 2.05) is 13.8 Å². The van der Waals surface area contributed by atoms with E-state index in [1.54, 1.807) is 25.3 Å². The number of fused-ring (bicyclic) bond motifs is 1. The molecule has 3 aromatic heterocycles. The maximum absolute atomic E-state index is 13.7. The molecule has 0 spiro atoms. The Morgan fingerprint density at radius 3 is 2.43 bits per heavy atom. The van der Waals surface area contributed by atoms with Gasteiger partial charge in [0.05, 0.1) is 16.6 Å². The molecule has 0 unspecified atom stereocenters. The molecule has 5 rings (SSSR count). The predicted octanol–water partition coefficient (Wildman–Crippen LogP) is 7.00. The predicted molar refractivity (Wildman–Crippen MR) is 151 cm³/mol. The van der Waals surface area contributed by atoms with Crippen LogP contribution in [0.1, 0.15) is 35.3 Å². The number of halogens is 4. The van der Waals surface area contributed by atoms with Gasteiger partial charge in [0.15, 0.2) is 0 Å². The summed E-state index contributed by atoms with van der Waals surface area (Å²) in [6.45, 7) is 5.63. The first-order valence-electron chi connectivity index (χ1n) is 12.8. The van der Waals surface area contributed by atoms with Gasteiger partial charge in [-0.2, -0.15) is 17.6 Å². The van der Waals surface area contributed by atoms with E-state index in [0.717, 1.165) is 18.3 Å². The second kappa shape index (κ2) is 11.0. The van der Waals surface area contributed by atoms with Crippen molar-refractivity contribution < 1.29 is 27.5 Å². The average molecular weight is 577 g/mol. The molecule has 0 atom stereocenters. The molecule has 0 aliphatic carbocycles. The van der Waals surface area contributed by atoms with Crippen LogP contribution in [0.15, 0.2) is 67.1 Å². The molecule has 3 N–H and O–H groups in total. The fourth-order valence-corrected chi connectivity index (χ4v) is 4.42. The van der Waals surface area contributed by atoms with Gasteiger partial charge < -0.3 is 15.7 Å². The Bertz CT molecular complexity index is 1810. The minimum Gasteiger partial charge on any atom is -0.507 e. The summed E-state index contributed by atoms with van der Waals surface area (Å²) in [7, 11) is 0. The van der Waals surface area contributed by atoms with Crippen molar-refractivity contribution in [1.29, 1.82) is 0 Å². The summed E-state index contributed by atoms with van der Waals surface area (Å²) in [4.78, 5) is 29.6. The standard InChI is InChI=1S/C30H24F4N6O2/c1-15(2)38-29-37-14-19-11-22(27(41)25(26(19)40-29)18-6-7-23(31)36-13-18)21-10-17(5-4-16(21)3)28(42)39-24-12-20(8-9-35-24)30(32,33)34/h4-15,41H,1-3H3,(H,35,39,42)(H,37,38,40). The number of anilines is 2.